The average molecular weight is 438 g/mol. The molecule has 0 saturated carbocycles. The van der Waals surface area contributed by atoms with Crippen LogP contribution >= 0.6 is 0 Å². The molecular weight excluding hydrogens is 406 g/mol. The molecule has 32 heavy (non-hydrogen) atoms. The van der Waals surface area contributed by atoms with E-state index in [1.54, 1.807) is 47.6 Å². The second kappa shape index (κ2) is 10.4. The Morgan fingerprint density at radius 3 is 2.41 bits per heavy atom. The number of hydrogen-bond acceptors (Lipinski definition) is 6. The van der Waals surface area contributed by atoms with Gasteiger partial charge in [0.25, 0.3) is 11.7 Å². The zero-order chi connectivity index (χ0) is 23.3. The van der Waals surface area contributed by atoms with E-state index in [0.29, 0.717) is 30.0 Å². The number of likely N-dealkylation sites (N-methyl/N-ethyl adjacent to an activating group) is 1. The molecule has 3 rings (SSSR count). The van der Waals surface area contributed by atoms with E-state index in [2.05, 4.69) is 23.7 Å². The van der Waals surface area contributed by atoms with Gasteiger partial charge in [-0.25, -0.2) is 0 Å². The standard InChI is InChI=1S/C25H31N3O4/c1-5-27(6-2)14-15-28-22(19-8-7-13-26-16-19)21(24(30)25(28)31)23(29)18-9-11-20(12-10-18)32-17(3)4/h7-13,16-17,22,29H,5-6,14-15H2,1-4H3. The van der Waals surface area contributed by atoms with Crippen molar-refractivity contribution >= 4 is 17.4 Å². The lowest BCUT2D eigenvalue weighted by atomic mass is 9.96. The Morgan fingerprint density at radius 2 is 1.84 bits per heavy atom. The molecular formula is C25H31N3O4. The van der Waals surface area contributed by atoms with E-state index in [0.717, 1.165) is 13.1 Å². The molecule has 1 fully saturated rings. The zero-order valence-corrected chi connectivity index (χ0v) is 19.1. The maximum Gasteiger partial charge on any atom is 0.295 e. The molecule has 1 aliphatic heterocycles. The summed E-state index contributed by atoms with van der Waals surface area (Å²) in [6.07, 6.45) is 3.29. The van der Waals surface area contributed by atoms with E-state index in [1.165, 1.54) is 0 Å². The Balaban J connectivity index is 2.02. The van der Waals surface area contributed by atoms with Crippen LogP contribution in [-0.4, -0.2) is 63.9 Å². The van der Waals surface area contributed by atoms with Crippen LogP contribution in [0.3, 0.4) is 0 Å². The molecule has 0 aliphatic carbocycles. The molecule has 0 radical (unpaired) electrons. The Morgan fingerprint density at radius 1 is 1.16 bits per heavy atom. The molecule has 2 aromatic rings. The average Bonchev–Trinajstić information content (AvgIpc) is 3.05. The lowest BCUT2D eigenvalue weighted by Gasteiger charge is -2.28. The highest BCUT2D eigenvalue weighted by Gasteiger charge is 2.46. The second-order valence-electron chi connectivity index (χ2n) is 8.00. The fourth-order valence-electron chi connectivity index (χ4n) is 3.90. The van der Waals surface area contributed by atoms with Crippen molar-refractivity contribution in [3.63, 3.8) is 0 Å². The molecule has 7 heteroatoms. The fourth-order valence-corrected chi connectivity index (χ4v) is 3.90. The summed E-state index contributed by atoms with van der Waals surface area (Å²) in [4.78, 5) is 33.9. The molecule has 170 valence electrons. The number of rotatable bonds is 9. The number of aliphatic hydroxyl groups excluding tert-OH is 1. The Hall–Kier alpha value is -3.19. The molecule has 1 aliphatic rings. The zero-order valence-electron chi connectivity index (χ0n) is 19.1. The van der Waals surface area contributed by atoms with E-state index in [1.807, 2.05) is 19.9 Å². The summed E-state index contributed by atoms with van der Waals surface area (Å²) >= 11 is 0. The van der Waals surface area contributed by atoms with Crippen LogP contribution in [0.25, 0.3) is 5.76 Å². The minimum Gasteiger partial charge on any atom is -0.507 e. The van der Waals surface area contributed by atoms with Gasteiger partial charge in [-0.15, -0.1) is 0 Å². The number of Topliss-reactive ketones (excluding diaryl/α,β-unsaturated/α-hetero) is 1. The number of nitrogens with zero attached hydrogens (tertiary/aromatic N) is 3. The number of benzene rings is 1. The third-order valence-corrected chi connectivity index (χ3v) is 5.59. The summed E-state index contributed by atoms with van der Waals surface area (Å²) in [6, 6.07) is 9.76. The molecule has 1 atom stereocenters. The predicted octanol–water partition coefficient (Wildman–Crippen LogP) is 3.63. The predicted molar refractivity (Wildman–Crippen MR) is 123 cm³/mol. The molecule has 2 heterocycles. The molecule has 1 aromatic heterocycles. The van der Waals surface area contributed by atoms with Gasteiger partial charge in [0.05, 0.1) is 17.7 Å². The first kappa shape index (κ1) is 23.5. The second-order valence-corrected chi connectivity index (χ2v) is 8.00. The highest BCUT2D eigenvalue weighted by atomic mass is 16.5. The number of carbonyl (C=O) groups excluding carboxylic acids is 2. The first-order valence-electron chi connectivity index (χ1n) is 11.0. The summed E-state index contributed by atoms with van der Waals surface area (Å²) in [6.45, 7) is 10.7. The van der Waals surface area contributed by atoms with Gasteiger partial charge >= 0.3 is 0 Å². The maximum atomic E-state index is 13.0. The van der Waals surface area contributed by atoms with Gasteiger partial charge in [0.1, 0.15) is 11.5 Å². The van der Waals surface area contributed by atoms with Crippen LogP contribution in [0.2, 0.25) is 0 Å². The van der Waals surface area contributed by atoms with Crippen LogP contribution < -0.4 is 4.74 Å². The van der Waals surface area contributed by atoms with Gasteiger partial charge < -0.3 is 19.6 Å². The fraction of sp³-hybridized carbons (Fsp3) is 0.400. The van der Waals surface area contributed by atoms with E-state index in [4.69, 9.17) is 4.74 Å². The van der Waals surface area contributed by atoms with Gasteiger partial charge in [-0.05, 0) is 62.8 Å². The highest BCUT2D eigenvalue weighted by molar-refractivity contribution is 6.46. The van der Waals surface area contributed by atoms with Crippen molar-refractivity contribution in [2.24, 2.45) is 0 Å². The van der Waals surface area contributed by atoms with Gasteiger partial charge in [0, 0.05) is 31.0 Å². The number of hydrogen-bond donors (Lipinski definition) is 1. The molecule has 7 nitrogen and oxygen atoms in total. The molecule has 1 unspecified atom stereocenters. The lowest BCUT2D eigenvalue weighted by Crippen LogP contribution is -2.38. The number of ketones is 1. The monoisotopic (exact) mass is 437 g/mol. The normalized spacial score (nSPS) is 18.1. The highest BCUT2D eigenvalue weighted by Crippen LogP contribution is 2.39. The number of likely N-dealkylation sites (tertiary alicyclic amines) is 1. The van der Waals surface area contributed by atoms with E-state index in [9.17, 15) is 14.7 Å². The number of amides is 1. The first-order chi connectivity index (χ1) is 15.4. The van der Waals surface area contributed by atoms with Crippen molar-refractivity contribution in [3.05, 3.63) is 65.5 Å². The summed E-state index contributed by atoms with van der Waals surface area (Å²) in [5, 5.41) is 11.1. The number of aliphatic hydroxyl groups is 1. The van der Waals surface area contributed by atoms with Crippen molar-refractivity contribution < 1.29 is 19.4 Å². The maximum absolute atomic E-state index is 13.0. The van der Waals surface area contributed by atoms with Gasteiger partial charge in [0.15, 0.2) is 0 Å². The quantitative estimate of drug-likeness (QED) is 0.366. The summed E-state index contributed by atoms with van der Waals surface area (Å²) < 4.78 is 5.66. The van der Waals surface area contributed by atoms with Crippen molar-refractivity contribution in [2.45, 2.75) is 39.8 Å². The lowest BCUT2D eigenvalue weighted by molar-refractivity contribution is -0.140. The largest absolute Gasteiger partial charge is 0.507 e. The van der Waals surface area contributed by atoms with Crippen molar-refractivity contribution in [3.8, 4) is 5.75 Å². The van der Waals surface area contributed by atoms with Crippen LogP contribution in [0, 0.1) is 0 Å². The summed E-state index contributed by atoms with van der Waals surface area (Å²) in [7, 11) is 0. The SMILES string of the molecule is CCN(CC)CCN1C(=O)C(=O)C(=C(O)c2ccc(OC(C)C)cc2)C1c1cccnc1. The molecule has 0 spiro atoms. The van der Waals surface area contributed by atoms with Gasteiger partial charge in [-0.3, -0.25) is 14.6 Å². The van der Waals surface area contributed by atoms with Crippen LogP contribution in [0.4, 0.5) is 0 Å². The summed E-state index contributed by atoms with van der Waals surface area (Å²) in [5.41, 5.74) is 1.23. The summed E-state index contributed by atoms with van der Waals surface area (Å²) in [5.74, 6) is -0.815. The van der Waals surface area contributed by atoms with Crippen LogP contribution in [-0.2, 0) is 9.59 Å². The Kier molecular flexibility index (Phi) is 7.64. The Labute approximate surface area is 189 Å². The number of pyridine rings is 1. The number of aromatic nitrogens is 1. The van der Waals surface area contributed by atoms with Crippen molar-refractivity contribution in [1.29, 1.82) is 0 Å². The minimum atomic E-state index is -0.689. The topological polar surface area (TPSA) is 83.0 Å². The third-order valence-electron chi connectivity index (χ3n) is 5.59. The molecule has 1 saturated heterocycles. The smallest absolute Gasteiger partial charge is 0.295 e. The van der Waals surface area contributed by atoms with Crippen molar-refractivity contribution in [1.82, 2.24) is 14.8 Å². The van der Waals surface area contributed by atoms with Crippen molar-refractivity contribution in [2.75, 3.05) is 26.2 Å². The molecule has 1 N–H and O–H groups in total. The van der Waals surface area contributed by atoms with E-state index in [-0.39, 0.29) is 17.4 Å². The van der Waals surface area contributed by atoms with E-state index >= 15 is 0 Å². The molecule has 0 bridgehead atoms. The minimum absolute atomic E-state index is 0.0242. The molecule has 1 aromatic carbocycles. The van der Waals surface area contributed by atoms with Crippen LogP contribution in [0.15, 0.2) is 54.4 Å². The van der Waals surface area contributed by atoms with Gasteiger partial charge in [-0.2, -0.15) is 0 Å². The van der Waals surface area contributed by atoms with Crippen LogP contribution in [0.1, 0.15) is 44.9 Å². The van der Waals surface area contributed by atoms with E-state index < -0.39 is 17.7 Å². The first-order valence-corrected chi connectivity index (χ1v) is 11.0. The van der Waals surface area contributed by atoms with Gasteiger partial charge in [-0.1, -0.05) is 19.9 Å². The molecule has 1 amide bonds. The third kappa shape index (κ3) is 4.99. The number of ether oxygens (including phenoxy) is 1. The Bertz CT molecular complexity index is 966. The number of carbonyl (C=O) groups is 2. The van der Waals surface area contributed by atoms with Gasteiger partial charge in [0.2, 0.25) is 0 Å². The van der Waals surface area contributed by atoms with Crippen LogP contribution in [0.5, 0.6) is 5.75 Å².